The lowest BCUT2D eigenvalue weighted by Crippen LogP contribution is -1.95. The number of rotatable bonds is 3. The van der Waals surface area contributed by atoms with E-state index in [-0.39, 0.29) is 0 Å². The van der Waals surface area contributed by atoms with Crippen molar-refractivity contribution in [2.24, 2.45) is 0 Å². The quantitative estimate of drug-likeness (QED) is 0.463. The van der Waals surface area contributed by atoms with E-state index in [1.807, 2.05) is 0 Å². The van der Waals surface area contributed by atoms with Gasteiger partial charge in [-0.2, -0.15) is 0 Å². The van der Waals surface area contributed by atoms with Crippen LogP contribution in [0.25, 0.3) is 16.7 Å². The number of aryl methyl sites for hydroxylation is 1. The van der Waals surface area contributed by atoms with Crippen LogP contribution in [-0.4, -0.2) is 0 Å². The Balaban J connectivity index is 1.71. The molecule has 0 aromatic heterocycles. The van der Waals surface area contributed by atoms with Gasteiger partial charge >= 0.3 is 0 Å². The summed E-state index contributed by atoms with van der Waals surface area (Å²) in [5, 5.41) is 2.19. The maximum atomic E-state index is 4.32. The molecule has 1 heterocycles. The number of hydrogen-bond acceptors (Lipinski definition) is 1. The van der Waals surface area contributed by atoms with E-state index < -0.39 is 0 Å². The van der Waals surface area contributed by atoms with Gasteiger partial charge in [0.2, 0.25) is 0 Å². The Labute approximate surface area is 166 Å². The minimum Gasteiger partial charge on any atom is -0.0974 e. The summed E-state index contributed by atoms with van der Waals surface area (Å²) >= 11 is 1.76. The molecule has 0 unspecified atom stereocenters. The predicted molar refractivity (Wildman–Crippen MR) is 119 cm³/mol. The van der Waals surface area contributed by atoms with Crippen molar-refractivity contribution in [2.75, 3.05) is 0 Å². The standard InChI is InChI=1S/C26H22S/c1-19-9-3-5-11-23(19)25-13-6-4-10-22(25)18-21-15-16-27-26-14-8-7-12-24(26)20(2)17-21/h3-17H,2,18H2,1H3/b16-15-,21-17+. The molecule has 0 aliphatic carbocycles. The molecule has 1 aliphatic rings. The first-order valence-electron chi connectivity index (χ1n) is 9.18. The van der Waals surface area contributed by atoms with Crippen molar-refractivity contribution in [3.63, 3.8) is 0 Å². The number of thioether (sulfide) groups is 1. The first kappa shape index (κ1) is 17.6. The average molecular weight is 367 g/mol. The van der Waals surface area contributed by atoms with E-state index in [1.54, 1.807) is 11.8 Å². The van der Waals surface area contributed by atoms with Gasteiger partial charge < -0.3 is 0 Å². The van der Waals surface area contributed by atoms with Gasteiger partial charge in [-0.25, -0.2) is 0 Å². The fourth-order valence-electron chi connectivity index (χ4n) is 3.52. The first-order chi connectivity index (χ1) is 13.2. The van der Waals surface area contributed by atoms with E-state index in [0.717, 1.165) is 12.0 Å². The first-order valence-corrected chi connectivity index (χ1v) is 10.1. The SMILES string of the molecule is C=C1/C=C(Cc2ccccc2-c2ccccc2C)\C=C/Sc2ccccc21. The van der Waals surface area contributed by atoms with Gasteiger partial charge in [-0.15, -0.1) is 0 Å². The summed E-state index contributed by atoms with van der Waals surface area (Å²) in [7, 11) is 0. The van der Waals surface area contributed by atoms with E-state index in [1.165, 1.54) is 38.3 Å². The number of benzene rings is 3. The maximum absolute atomic E-state index is 4.32. The molecule has 0 atom stereocenters. The van der Waals surface area contributed by atoms with E-state index in [4.69, 9.17) is 0 Å². The third kappa shape index (κ3) is 3.84. The zero-order chi connectivity index (χ0) is 18.6. The molecule has 0 fully saturated rings. The molecule has 4 rings (SSSR count). The Morgan fingerprint density at radius 2 is 1.44 bits per heavy atom. The Kier molecular flexibility index (Phi) is 5.13. The summed E-state index contributed by atoms with van der Waals surface area (Å²) in [5.41, 5.74) is 8.84. The van der Waals surface area contributed by atoms with Crippen molar-refractivity contribution in [2.45, 2.75) is 18.2 Å². The van der Waals surface area contributed by atoms with Crippen LogP contribution in [0.4, 0.5) is 0 Å². The second-order valence-corrected chi connectivity index (χ2v) is 7.76. The van der Waals surface area contributed by atoms with E-state index in [2.05, 4.69) is 104 Å². The minimum absolute atomic E-state index is 0.892. The van der Waals surface area contributed by atoms with Crippen LogP contribution in [0.15, 0.2) is 107 Å². The highest BCUT2D eigenvalue weighted by Crippen LogP contribution is 2.34. The van der Waals surface area contributed by atoms with Crippen LogP contribution in [0.1, 0.15) is 16.7 Å². The normalized spacial score (nSPS) is 16.6. The molecule has 3 aromatic rings. The van der Waals surface area contributed by atoms with Crippen LogP contribution in [0.2, 0.25) is 0 Å². The summed E-state index contributed by atoms with van der Waals surface area (Å²) in [6, 6.07) is 25.8. The van der Waals surface area contributed by atoms with E-state index >= 15 is 0 Å². The maximum Gasteiger partial charge on any atom is 0.0194 e. The molecule has 3 aromatic carbocycles. The Morgan fingerprint density at radius 1 is 0.778 bits per heavy atom. The fourth-order valence-corrected chi connectivity index (χ4v) is 4.39. The lowest BCUT2D eigenvalue weighted by Gasteiger charge is -2.15. The molecule has 1 aliphatic heterocycles. The third-order valence-corrected chi connectivity index (χ3v) is 5.80. The smallest absolute Gasteiger partial charge is 0.0194 e. The second kappa shape index (κ2) is 7.85. The van der Waals surface area contributed by atoms with E-state index in [9.17, 15) is 0 Å². The number of allylic oxidation sites excluding steroid dienone is 4. The molecule has 0 bridgehead atoms. The highest BCUT2D eigenvalue weighted by Gasteiger charge is 2.11. The summed E-state index contributed by atoms with van der Waals surface area (Å²) in [4.78, 5) is 1.26. The molecule has 27 heavy (non-hydrogen) atoms. The monoisotopic (exact) mass is 366 g/mol. The van der Waals surface area contributed by atoms with Crippen molar-refractivity contribution in [1.82, 2.24) is 0 Å². The highest BCUT2D eigenvalue weighted by molar-refractivity contribution is 8.02. The van der Waals surface area contributed by atoms with Crippen molar-refractivity contribution in [3.05, 3.63) is 119 Å². The molecule has 0 nitrogen and oxygen atoms in total. The van der Waals surface area contributed by atoms with Crippen molar-refractivity contribution < 1.29 is 0 Å². The molecule has 0 N–H and O–H groups in total. The zero-order valence-electron chi connectivity index (χ0n) is 15.5. The van der Waals surface area contributed by atoms with Crippen LogP contribution in [-0.2, 0) is 6.42 Å². The number of fused-ring (bicyclic) bond motifs is 1. The third-order valence-electron chi connectivity index (χ3n) is 4.92. The Bertz CT molecular complexity index is 1050. The van der Waals surface area contributed by atoms with Gasteiger partial charge in [0.05, 0.1) is 0 Å². The van der Waals surface area contributed by atoms with Gasteiger partial charge in [0, 0.05) is 4.90 Å². The van der Waals surface area contributed by atoms with Gasteiger partial charge in [0.25, 0.3) is 0 Å². The molecule has 1 heteroatoms. The lowest BCUT2D eigenvalue weighted by atomic mass is 9.91. The molecule has 132 valence electrons. The van der Waals surface area contributed by atoms with Gasteiger partial charge in [-0.3, -0.25) is 0 Å². The lowest BCUT2D eigenvalue weighted by molar-refractivity contribution is 1.20. The average Bonchev–Trinajstić information content (AvgIpc) is 2.68. The molecule has 0 saturated heterocycles. The Hall–Kier alpha value is -2.77. The molecule has 0 amide bonds. The summed E-state index contributed by atoms with van der Waals surface area (Å²) in [6.07, 6.45) is 5.34. The van der Waals surface area contributed by atoms with E-state index in [0.29, 0.717) is 0 Å². The van der Waals surface area contributed by atoms with Gasteiger partial charge in [0.1, 0.15) is 0 Å². The molecule has 0 radical (unpaired) electrons. The predicted octanol–water partition coefficient (Wildman–Crippen LogP) is 7.46. The van der Waals surface area contributed by atoms with Gasteiger partial charge in [-0.1, -0.05) is 97.2 Å². The van der Waals surface area contributed by atoms with Crippen LogP contribution in [0.3, 0.4) is 0 Å². The summed E-state index contributed by atoms with van der Waals surface area (Å²) < 4.78 is 0. The van der Waals surface area contributed by atoms with Crippen molar-refractivity contribution in [3.8, 4) is 11.1 Å². The molecular weight excluding hydrogens is 344 g/mol. The van der Waals surface area contributed by atoms with Gasteiger partial charge in [-0.05, 0) is 63.8 Å². The minimum atomic E-state index is 0.892. The van der Waals surface area contributed by atoms with Gasteiger partial charge in [0.15, 0.2) is 0 Å². The van der Waals surface area contributed by atoms with Crippen molar-refractivity contribution >= 4 is 17.3 Å². The number of hydrogen-bond donors (Lipinski definition) is 0. The summed E-state index contributed by atoms with van der Waals surface area (Å²) in [5.74, 6) is 0. The fraction of sp³-hybridized carbons (Fsp3) is 0.0769. The second-order valence-electron chi connectivity index (χ2n) is 6.81. The van der Waals surface area contributed by atoms with Crippen LogP contribution in [0, 0.1) is 6.92 Å². The molecule has 0 spiro atoms. The van der Waals surface area contributed by atoms with Crippen LogP contribution < -0.4 is 0 Å². The Morgan fingerprint density at radius 3 is 2.26 bits per heavy atom. The largest absolute Gasteiger partial charge is 0.0974 e. The van der Waals surface area contributed by atoms with Crippen LogP contribution in [0.5, 0.6) is 0 Å². The topological polar surface area (TPSA) is 0 Å². The van der Waals surface area contributed by atoms with Crippen LogP contribution >= 0.6 is 11.8 Å². The highest BCUT2D eigenvalue weighted by atomic mass is 32.2. The molecular formula is C26H22S. The van der Waals surface area contributed by atoms with Crippen molar-refractivity contribution in [1.29, 1.82) is 0 Å². The zero-order valence-corrected chi connectivity index (χ0v) is 16.3. The molecule has 0 saturated carbocycles. The summed E-state index contributed by atoms with van der Waals surface area (Å²) in [6.45, 7) is 6.50.